The van der Waals surface area contributed by atoms with Crippen LogP contribution in [0.3, 0.4) is 0 Å². The van der Waals surface area contributed by atoms with Crippen LogP contribution in [0.5, 0.6) is 0 Å². The second-order valence-electron chi connectivity index (χ2n) is 5.27. The van der Waals surface area contributed by atoms with Crippen LogP contribution in [0.2, 0.25) is 0 Å². The number of aromatic nitrogens is 2. The molecule has 0 aliphatic carbocycles. The van der Waals surface area contributed by atoms with Crippen molar-refractivity contribution in [2.45, 2.75) is 20.3 Å². The van der Waals surface area contributed by atoms with Crippen molar-refractivity contribution < 1.29 is 14.3 Å². The first-order chi connectivity index (χ1) is 10.5. The van der Waals surface area contributed by atoms with Gasteiger partial charge in [-0.2, -0.15) is 0 Å². The summed E-state index contributed by atoms with van der Waals surface area (Å²) in [5, 5.41) is 0. The highest BCUT2D eigenvalue weighted by molar-refractivity contribution is 6.06. The van der Waals surface area contributed by atoms with Gasteiger partial charge in [0.2, 0.25) is 5.95 Å². The topological polar surface area (TPSA) is 75.6 Å². The van der Waals surface area contributed by atoms with E-state index in [9.17, 15) is 9.59 Å². The lowest BCUT2D eigenvalue weighted by atomic mass is 10.1. The van der Waals surface area contributed by atoms with E-state index >= 15 is 0 Å². The molecule has 2 heterocycles. The molecule has 120 valence electrons. The summed E-state index contributed by atoms with van der Waals surface area (Å²) in [5.41, 5.74) is 0.971. The van der Waals surface area contributed by atoms with E-state index in [1.54, 1.807) is 6.92 Å². The van der Waals surface area contributed by atoms with Crippen molar-refractivity contribution in [1.29, 1.82) is 0 Å². The number of aryl methyl sites for hydroxylation is 1. The number of likely N-dealkylation sites (N-methyl/N-ethyl adjacent to an activating group) is 1. The number of piperazine rings is 1. The summed E-state index contributed by atoms with van der Waals surface area (Å²) in [5.74, 6) is -0.223. The number of esters is 1. The molecule has 0 spiro atoms. The van der Waals surface area contributed by atoms with Gasteiger partial charge in [0.1, 0.15) is 6.42 Å². The molecule has 0 N–H and O–H groups in total. The van der Waals surface area contributed by atoms with Gasteiger partial charge in [-0.05, 0) is 13.5 Å². The van der Waals surface area contributed by atoms with Crippen molar-refractivity contribution in [3.8, 4) is 0 Å². The Morgan fingerprint density at radius 2 is 1.95 bits per heavy atom. The van der Waals surface area contributed by atoms with Crippen molar-refractivity contribution in [3.05, 3.63) is 17.5 Å². The van der Waals surface area contributed by atoms with Crippen molar-refractivity contribution in [2.75, 3.05) is 44.7 Å². The highest BCUT2D eigenvalue weighted by atomic mass is 16.5. The van der Waals surface area contributed by atoms with Crippen LogP contribution in [0.4, 0.5) is 5.95 Å². The largest absolute Gasteiger partial charge is 0.469 e. The molecule has 22 heavy (non-hydrogen) atoms. The molecular weight excluding hydrogens is 284 g/mol. The lowest BCUT2D eigenvalue weighted by Gasteiger charge is -2.34. The lowest BCUT2D eigenvalue weighted by molar-refractivity contribution is -0.139. The van der Waals surface area contributed by atoms with Crippen LogP contribution in [0.25, 0.3) is 0 Å². The van der Waals surface area contributed by atoms with Gasteiger partial charge in [0.25, 0.3) is 0 Å². The minimum absolute atomic E-state index is 0.283. The van der Waals surface area contributed by atoms with Crippen LogP contribution in [0.1, 0.15) is 29.4 Å². The molecule has 1 aromatic rings. The van der Waals surface area contributed by atoms with Gasteiger partial charge in [-0.25, -0.2) is 9.97 Å². The predicted molar refractivity (Wildman–Crippen MR) is 82.1 cm³/mol. The van der Waals surface area contributed by atoms with Crippen LogP contribution >= 0.6 is 0 Å². The molecule has 1 aliphatic rings. The van der Waals surface area contributed by atoms with E-state index in [-0.39, 0.29) is 12.2 Å². The first-order valence-electron chi connectivity index (χ1n) is 7.46. The number of methoxy groups -OCH3 is 1. The number of Topliss-reactive ketones (excluding diaryl/α,β-unsaturated/α-hetero) is 1. The van der Waals surface area contributed by atoms with E-state index in [2.05, 4.69) is 31.4 Å². The normalized spacial score (nSPS) is 15.7. The van der Waals surface area contributed by atoms with E-state index in [4.69, 9.17) is 0 Å². The fraction of sp³-hybridized carbons (Fsp3) is 0.600. The van der Waals surface area contributed by atoms with Crippen molar-refractivity contribution in [1.82, 2.24) is 14.9 Å². The maximum Gasteiger partial charge on any atom is 0.313 e. The zero-order valence-corrected chi connectivity index (χ0v) is 13.3. The third-order valence-electron chi connectivity index (χ3n) is 3.90. The van der Waals surface area contributed by atoms with E-state index in [1.807, 2.05) is 0 Å². The van der Waals surface area contributed by atoms with E-state index < -0.39 is 5.97 Å². The molecule has 1 aliphatic heterocycles. The summed E-state index contributed by atoms with van der Waals surface area (Å²) in [7, 11) is 1.26. The summed E-state index contributed by atoms with van der Waals surface area (Å²) in [6.45, 7) is 8.69. The highest BCUT2D eigenvalue weighted by Gasteiger charge is 2.20. The van der Waals surface area contributed by atoms with Gasteiger partial charge in [-0.3, -0.25) is 9.59 Å². The Kier molecular flexibility index (Phi) is 5.43. The molecule has 7 nitrogen and oxygen atoms in total. The Hall–Kier alpha value is -2.02. The fourth-order valence-electron chi connectivity index (χ4n) is 2.44. The second kappa shape index (κ2) is 7.31. The lowest BCUT2D eigenvalue weighted by Crippen LogP contribution is -2.46. The van der Waals surface area contributed by atoms with E-state index in [0.29, 0.717) is 17.2 Å². The molecule has 2 rings (SSSR count). The van der Waals surface area contributed by atoms with Gasteiger partial charge in [-0.1, -0.05) is 6.92 Å². The zero-order chi connectivity index (χ0) is 16.1. The van der Waals surface area contributed by atoms with E-state index in [0.717, 1.165) is 32.7 Å². The molecule has 0 amide bonds. The second-order valence-corrected chi connectivity index (χ2v) is 5.27. The van der Waals surface area contributed by atoms with Gasteiger partial charge in [0.05, 0.1) is 18.4 Å². The van der Waals surface area contributed by atoms with Gasteiger partial charge >= 0.3 is 5.97 Å². The Bertz CT molecular complexity index is 554. The number of ether oxygens (including phenoxy) is 1. The number of anilines is 1. The number of hydrogen-bond acceptors (Lipinski definition) is 7. The van der Waals surface area contributed by atoms with Crippen molar-refractivity contribution in [2.24, 2.45) is 0 Å². The number of nitrogens with zero attached hydrogens (tertiary/aromatic N) is 4. The van der Waals surface area contributed by atoms with Gasteiger partial charge in [0, 0.05) is 32.4 Å². The SMILES string of the molecule is CCN1CCN(c2ncc(C(=O)CC(=O)OC)c(C)n2)CC1. The average molecular weight is 306 g/mol. The van der Waals surface area contributed by atoms with Gasteiger partial charge in [-0.15, -0.1) is 0 Å². The van der Waals surface area contributed by atoms with Crippen LogP contribution in [-0.2, 0) is 9.53 Å². The fourth-order valence-corrected chi connectivity index (χ4v) is 2.44. The summed E-state index contributed by atoms with van der Waals surface area (Å²) in [6.07, 6.45) is 1.23. The molecule has 1 saturated heterocycles. The molecule has 0 atom stereocenters. The number of ketones is 1. The molecule has 7 heteroatoms. The van der Waals surface area contributed by atoms with Gasteiger partial charge in [0.15, 0.2) is 5.78 Å². The maximum absolute atomic E-state index is 12.0. The van der Waals surface area contributed by atoms with Crippen LogP contribution in [-0.4, -0.2) is 66.5 Å². The summed E-state index contributed by atoms with van der Waals surface area (Å²) in [6, 6.07) is 0. The molecule has 1 fully saturated rings. The zero-order valence-electron chi connectivity index (χ0n) is 13.3. The molecule has 1 aromatic heterocycles. The highest BCUT2D eigenvalue weighted by Crippen LogP contribution is 2.15. The van der Waals surface area contributed by atoms with Crippen LogP contribution in [0.15, 0.2) is 6.20 Å². The molecule has 0 radical (unpaired) electrons. The molecule has 0 saturated carbocycles. The van der Waals surface area contributed by atoms with Crippen molar-refractivity contribution >= 4 is 17.7 Å². The Balaban J connectivity index is 2.06. The van der Waals surface area contributed by atoms with Crippen molar-refractivity contribution in [3.63, 3.8) is 0 Å². The van der Waals surface area contributed by atoms with Crippen LogP contribution in [0, 0.1) is 6.92 Å². The third-order valence-corrected chi connectivity index (χ3v) is 3.90. The third kappa shape index (κ3) is 3.79. The molecule has 0 bridgehead atoms. The Morgan fingerprint density at radius 1 is 1.27 bits per heavy atom. The minimum atomic E-state index is -0.552. The average Bonchev–Trinajstić information content (AvgIpc) is 2.54. The number of rotatable bonds is 5. The molecular formula is C15H22N4O3. The monoisotopic (exact) mass is 306 g/mol. The Labute approximate surface area is 130 Å². The Morgan fingerprint density at radius 3 is 2.50 bits per heavy atom. The quantitative estimate of drug-likeness (QED) is 0.449. The number of carbonyl (C=O) groups is 2. The summed E-state index contributed by atoms with van der Waals surface area (Å²) < 4.78 is 4.51. The molecule has 0 aromatic carbocycles. The first kappa shape index (κ1) is 16.4. The predicted octanol–water partition coefficient (Wildman–Crippen LogP) is 0.673. The maximum atomic E-state index is 12.0. The minimum Gasteiger partial charge on any atom is -0.469 e. The smallest absolute Gasteiger partial charge is 0.313 e. The van der Waals surface area contributed by atoms with Crippen LogP contribution < -0.4 is 4.90 Å². The van der Waals surface area contributed by atoms with E-state index in [1.165, 1.54) is 13.3 Å². The standard InChI is InChI=1S/C15H22N4O3/c1-4-18-5-7-19(8-6-18)15-16-10-12(11(2)17-15)13(20)9-14(21)22-3/h10H,4-9H2,1-3H3. The molecule has 0 unspecified atom stereocenters. The summed E-state index contributed by atoms with van der Waals surface area (Å²) >= 11 is 0. The first-order valence-corrected chi connectivity index (χ1v) is 7.46. The number of carbonyl (C=O) groups excluding carboxylic acids is 2. The summed E-state index contributed by atoms with van der Waals surface area (Å²) in [4.78, 5) is 36.4. The van der Waals surface area contributed by atoms with Gasteiger partial charge < -0.3 is 14.5 Å². The number of hydrogen-bond donors (Lipinski definition) is 0.